The van der Waals surface area contributed by atoms with Gasteiger partial charge in [0.15, 0.2) is 0 Å². The highest BCUT2D eigenvalue weighted by molar-refractivity contribution is 6.02. The third-order valence-electron chi connectivity index (χ3n) is 3.41. The minimum absolute atomic E-state index is 0.00862. The number of hydrogen-bond acceptors (Lipinski definition) is 6. The molecule has 0 saturated carbocycles. The summed E-state index contributed by atoms with van der Waals surface area (Å²) in [5.41, 5.74) is 1.43. The quantitative estimate of drug-likeness (QED) is 0.399. The highest BCUT2D eigenvalue weighted by atomic mass is 16.6. The number of aryl methyl sites for hydroxylation is 1. The van der Waals surface area contributed by atoms with Crippen LogP contribution < -0.4 is 5.32 Å². The van der Waals surface area contributed by atoms with Crippen molar-refractivity contribution in [1.29, 1.82) is 0 Å². The molecule has 1 fully saturated rings. The van der Waals surface area contributed by atoms with Gasteiger partial charge in [-0.2, -0.15) is 5.10 Å². The van der Waals surface area contributed by atoms with Gasteiger partial charge in [-0.1, -0.05) is 0 Å². The molecule has 1 aromatic heterocycles. The largest absolute Gasteiger partial charge is 0.455 e. The lowest BCUT2D eigenvalue weighted by molar-refractivity contribution is -0.384. The first kappa shape index (κ1) is 15.4. The molecule has 2 aromatic rings. The van der Waals surface area contributed by atoms with Crippen molar-refractivity contribution in [3.8, 4) is 11.3 Å². The first-order valence-corrected chi connectivity index (χ1v) is 6.94. The summed E-state index contributed by atoms with van der Waals surface area (Å²) in [7, 11) is 0. The predicted octanol–water partition coefficient (Wildman–Crippen LogP) is 2.05. The SMILES string of the molecule is Cc1cc([N+](=O)[O-])ccc1-c1ccc(C=NN2CC(=O)NC2=O)o1. The molecule has 1 aliphatic rings. The van der Waals surface area contributed by atoms with Crippen LogP contribution in [0.3, 0.4) is 0 Å². The van der Waals surface area contributed by atoms with Crippen LogP contribution in [0.25, 0.3) is 11.3 Å². The molecular weight excluding hydrogens is 316 g/mol. The molecule has 122 valence electrons. The van der Waals surface area contributed by atoms with Gasteiger partial charge < -0.3 is 4.42 Å². The van der Waals surface area contributed by atoms with Crippen LogP contribution in [0.4, 0.5) is 10.5 Å². The summed E-state index contributed by atoms with van der Waals surface area (Å²) in [4.78, 5) is 32.7. The zero-order valence-electron chi connectivity index (χ0n) is 12.6. The Hall–Kier alpha value is -3.49. The zero-order valence-corrected chi connectivity index (χ0v) is 12.6. The van der Waals surface area contributed by atoms with Crippen LogP contribution in [-0.4, -0.2) is 34.6 Å². The normalized spacial score (nSPS) is 14.5. The summed E-state index contributed by atoms with van der Waals surface area (Å²) < 4.78 is 5.61. The Morgan fingerprint density at radius 2 is 2.12 bits per heavy atom. The van der Waals surface area contributed by atoms with E-state index in [2.05, 4.69) is 10.4 Å². The van der Waals surface area contributed by atoms with Gasteiger partial charge >= 0.3 is 6.03 Å². The Bertz CT molecular complexity index is 870. The molecule has 2 heterocycles. The minimum atomic E-state index is -0.589. The van der Waals surface area contributed by atoms with Crippen LogP contribution >= 0.6 is 0 Å². The molecule has 1 N–H and O–H groups in total. The second kappa shape index (κ2) is 5.95. The Balaban J connectivity index is 1.80. The predicted molar refractivity (Wildman–Crippen MR) is 83.4 cm³/mol. The first-order valence-electron chi connectivity index (χ1n) is 6.94. The van der Waals surface area contributed by atoms with Crippen LogP contribution in [-0.2, 0) is 4.79 Å². The lowest BCUT2D eigenvalue weighted by Crippen LogP contribution is -2.24. The summed E-state index contributed by atoms with van der Waals surface area (Å²) in [5.74, 6) is 0.486. The zero-order chi connectivity index (χ0) is 17.3. The number of urea groups is 1. The Labute approximate surface area is 135 Å². The maximum Gasteiger partial charge on any atom is 0.344 e. The summed E-state index contributed by atoms with van der Waals surface area (Å²) >= 11 is 0. The number of benzene rings is 1. The maximum absolute atomic E-state index is 11.4. The van der Waals surface area contributed by atoms with Crippen molar-refractivity contribution in [1.82, 2.24) is 10.3 Å². The number of nitro benzene ring substituents is 1. The van der Waals surface area contributed by atoms with Crippen LogP contribution in [0, 0.1) is 17.0 Å². The molecule has 0 atom stereocenters. The summed E-state index contributed by atoms with van der Waals surface area (Å²) in [5, 5.41) is 17.7. The van der Waals surface area contributed by atoms with E-state index in [9.17, 15) is 19.7 Å². The van der Waals surface area contributed by atoms with Crippen molar-refractivity contribution in [3.05, 3.63) is 51.8 Å². The van der Waals surface area contributed by atoms with Gasteiger partial charge in [0.1, 0.15) is 18.1 Å². The van der Waals surface area contributed by atoms with Gasteiger partial charge in [0, 0.05) is 17.7 Å². The lowest BCUT2D eigenvalue weighted by atomic mass is 10.1. The highest BCUT2D eigenvalue weighted by Gasteiger charge is 2.26. The first-order chi connectivity index (χ1) is 11.4. The fourth-order valence-electron chi connectivity index (χ4n) is 2.26. The number of rotatable bonds is 4. The molecule has 3 rings (SSSR count). The fourth-order valence-corrected chi connectivity index (χ4v) is 2.26. The van der Waals surface area contributed by atoms with E-state index in [-0.39, 0.29) is 12.2 Å². The molecule has 0 unspecified atom stereocenters. The molecule has 1 aromatic carbocycles. The number of furan rings is 1. The fraction of sp³-hybridized carbons (Fsp3) is 0.133. The average molecular weight is 328 g/mol. The van der Waals surface area contributed by atoms with E-state index in [4.69, 9.17) is 4.42 Å². The third-order valence-corrected chi connectivity index (χ3v) is 3.41. The van der Waals surface area contributed by atoms with Crippen molar-refractivity contribution in [2.24, 2.45) is 5.10 Å². The second-order valence-electron chi connectivity index (χ2n) is 5.11. The van der Waals surface area contributed by atoms with E-state index in [0.29, 0.717) is 22.6 Å². The Morgan fingerprint density at radius 1 is 1.33 bits per heavy atom. The molecule has 0 aliphatic carbocycles. The molecule has 0 bridgehead atoms. The average Bonchev–Trinajstić information content (AvgIpc) is 3.11. The maximum atomic E-state index is 11.4. The topological polar surface area (TPSA) is 118 Å². The monoisotopic (exact) mass is 328 g/mol. The van der Waals surface area contributed by atoms with E-state index < -0.39 is 16.9 Å². The molecule has 3 amide bonds. The van der Waals surface area contributed by atoms with Gasteiger partial charge in [0.25, 0.3) is 5.69 Å². The molecule has 9 heteroatoms. The van der Waals surface area contributed by atoms with E-state index in [1.165, 1.54) is 18.3 Å². The number of carbonyl (C=O) groups is 2. The summed E-state index contributed by atoms with van der Waals surface area (Å²) in [6.07, 6.45) is 1.32. The summed E-state index contributed by atoms with van der Waals surface area (Å²) in [6.45, 7) is 1.61. The number of nitrogens with one attached hydrogen (secondary N) is 1. The molecule has 24 heavy (non-hydrogen) atoms. The van der Waals surface area contributed by atoms with E-state index >= 15 is 0 Å². The Morgan fingerprint density at radius 3 is 2.75 bits per heavy atom. The van der Waals surface area contributed by atoms with Crippen molar-refractivity contribution >= 4 is 23.8 Å². The van der Waals surface area contributed by atoms with Gasteiger partial charge in [-0.25, -0.2) is 9.80 Å². The van der Waals surface area contributed by atoms with Crippen LogP contribution in [0.5, 0.6) is 0 Å². The van der Waals surface area contributed by atoms with Gasteiger partial charge in [-0.3, -0.25) is 20.2 Å². The summed E-state index contributed by atoms with van der Waals surface area (Å²) in [6, 6.07) is 7.24. The number of non-ortho nitro benzene ring substituents is 1. The van der Waals surface area contributed by atoms with Gasteiger partial charge in [0.2, 0.25) is 5.91 Å². The number of imide groups is 1. The molecule has 0 spiro atoms. The third kappa shape index (κ3) is 3.00. The molecular formula is C15H12N4O5. The number of nitrogens with zero attached hydrogens (tertiary/aromatic N) is 3. The van der Waals surface area contributed by atoms with Crippen molar-refractivity contribution in [3.63, 3.8) is 0 Å². The van der Waals surface area contributed by atoms with Crippen molar-refractivity contribution in [2.75, 3.05) is 6.54 Å². The van der Waals surface area contributed by atoms with Crippen molar-refractivity contribution in [2.45, 2.75) is 6.92 Å². The standard InChI is InChI=1S/C15H12N4O5/c1-9-6-10(19(22)23)2-4-12(9)13-5-3-11(24-13)7-16-18-8-14(20)17-15(18)21/h2-7H,8H2,1H3,(H,17,20,21). The number of hydrogen-bond donors (Lipinski definition) is 1. The van der Waals surface area contributed by atoms with Crippen molar-refractivity contribution < 1.29 is 18.9 Å². The lowest BCUT2D eigenvalue weighted by Gasteiger charge is -2.03. The Kier molecular flexibility index (Phi) is 3.82. The molecule has 9 nitrogen and oxygen atoms in total. The van der Waals surface area contributed by atoms with Crippen LogP contribution in [0.1, 0.15) is 11.3 Å². The highest BCUT2D eigenvalue weighted by Crippen LogP contribution is 2.28. The van der Waals surface area contributed by atoms with Gasteiger partial charge in [-0.15, -0.1) is 0 Å². The number of carbonyl (C=O) groups excluding carboxylic acids is 2. The number of hydrazone groups is 1. The van der Waals surface area contributed by atoms with Crippen LogP contribution in [0.2, 0.25) is 0 Å². The van der Waals surface area contributed by atoms with E-state index in [1.807, 2.05) is 0 Å². The number of amides is 3. The van der Waals surface area contributed by atoms with Gasteiger partial charge in [-0.05, 0) is 30.7 Å². The molecule has 0 radical (unpaired) electrons. The second-order valence-corrected chi connectivity index (χ2v) is 5.11. The van der Waals surface area contributed by atoms with Crippen LogP contribution in [0.15, 0.2) is 39.9 Å². The minimum Gasteiger partial charge on any atom is -0.455 e. The van der Waals surface area contributed by atoms with Gasteiger partial charge in [0.05, 0.1) is 11.1 Å². The number of nitro groups is 1. The van der Waals surface area contributed by atoms with E-state index in [0.717, 1.165) is 5.01 Å². The van der Waals surface area contributed by atoms with E-state index in [1.54, 1.807) is 25.1 Å². The molecule has 1 aliphatic heterocycles. The smallest absolute Gasteiger partial charge is 0.344 e. The molecule has 1 saturated heterocycles.